The van der Waals surface area contributed by atoms with Gasteiger partial charge in [-0.05, 0) is 23.8 Å². The van der Waals surface area contributed by atoms with Gasteiger partial charge < -0.3 is 25.3 Å². The number of H-pyrrole nitrogens is 1. The van der Waals surface area contributed by atoms with E-state index in [2.05, 4.69) is 30.6 Å². The second-order valence-electron chi connectivity index (χ2n) is 7.85. The zero-order chi connectivity index (χ0) is 23.2. The third kappa shape index (κ3) is 3.53. The summed E-state index contributed by atoms with van der Waals surface area (Å²) >= 11 is 1.40. The number of carbonyl (C=O) groups is 2. The quantitative estimate of drug-likeness (QED) is 0.404. The van der Waals surface area contributed by atoms with Crippen LogP contribution in [0.4, 0.5) is 11.6 Å². The number of thiophene rings is 1. The van der Waals surface area contributed by atoms with Gasteiger partial charge in [-0.2, -0.15) is 0 Å². The SMILES string of the molecule is O=C1COc2ccc(CNC(=O)c3nc4sc5c(c4c(=O)[nH]3)CN(c3ncccn3)C5)cc2N1. The van der Waals surface area contributed by atoms with Crippen molar-refractivity contribution >= 4 is 45.0 Å². The molecule has 11 nitrogen and oxygen atoms in total. The predicted molar refractivity (Wildman–Crippen MR) is 124 cm³/mol. The number of ether oxygens (including phenoxy) is 1. The van der Waals surface area contributed by atoms with Crippen LogP contribution in [0, 0.1) is 0 Å². The lowest BCUT2D eigenvalue weighted by Gasteiger charge is -2.18. The van der Waals surface area contributed by atoms with Gasteiger partial charge in [-0.3, -0.25) is 14.4 Å². The summed E-state index contributed by atoms with van der Waals surface area (Å²) in [6.07, 6.45) is 3.36. The molecule has 0 bridgehead atoms. The van der Waals surface area contributed by atoms with E-state index in [1.807, 2.05) is 4.90 Å². The number of aromatic nitrogens is 4. The zero-order valence-corrected chi connectivity index (χ0v) is 18.4. The van der Waals surface area contributed by atoms with Crippen molar-refractivity contribution in [2.75, 3.05) is 16.8 Å². The minimum Gasteiger partial charge on any atom is -0.482 e. The number of fused-ring (bicyclic) bond motifs is 4. The van der Waals surface area contributed by atoms with Gasteiger partial charge >= 0.3 is 0 Å². The smallest absolute Gasteiger partial charge is 0.287 e. The molecule has 0 spiro atoms. The van der Waals surface area contributed by atoms with Crippen LogP contribution in [0.1, 0.15) is 26.6 Å². The van der Waals surface area contributed by atoms with E-state index >= 15 is 0 Å². The predicted octanol–water partition coefficient (Wildman–Crippen LogP) is 1.56. The minimum atomic E-state index is -0.495. The molecule has 6 rings (SSSR count). The van der Waals surface area contributed by atoms with E-state index in [1.165, 1.54) is 11.3 Å². The summed E-state index contributed by atoms with van der Waals surface area (Å²) in [4.78, 5) is 56.2. The Morgan fingerprint density at radius 3 is 2.91 bits per heavy atom. The third-order valence-corrected chi connectivity index (χ3v) is 6.72. The highest BCUT2D eigenvalue weighted by molar-refractivity contribution is 7.18. The van der Waals surface area contributed by atoms with Crippen molar-refractivity contribution in [2.24, 2.45) is 0 Å². The van der Waals surface area contributed by atoms with E-state index in [-0.39, 0.29) is 30.4 Å². The van der Waals surface area contributed by atoms with Gasteiger partial charge in [-0.25, -0.2) is 15.0 Å². The number of hydrogen-bond acceptors (Lipinski definition) is 9. The molecule has 34 heavy (non-hydrogen) atoms. The average molecular weight is 475 g/mol. The van der Waals surface area contributed by atoms with Gasteiger partial charge in [0.2, 0.25) is 11.8 Å². The van der Waals surface area contributed by atoms with Crippen molar-refractivity contribution in [3.8, 4) is 5.75 Å². The van der Waals surface area contributed by atoms with E-state index in [4.69, 9.17) is 4.74 Å². The number of hydrogen-bond donors (Lipinski definition) is 3. The van der Waals surface area contributed by atoms with Gasteiger partial charge in [0, 0.05) is 35.9 Å². The molecule has 3 aromatic heterocycles. The summed E-state index contributed by atoms with van der Waals surface area (Å²) in [5.74, 6) is 0.410. The first-order valence-corrected chi connectivity index (χ1v) is 11.3. The Balaban J connectivity index is 1.20. The second kappa shape index (κ2) is 7.92. The number of amides is 2. The highest BCUT2D eigenvalue weighted by Gasteiger charge is 2.28. The van der Waals surface area contributed by atoms with Gasteiger partial charge in [0.05, 0.1) is 17.6 Å². The van der Waals surface area contributed by atoms with Crippen LogP contribution in [0.3, 0.4) is 0 Å². The van der Waals surface area contributed by atoms with Crippen molar-refractivity contribution in [2.45, 2.75) is 19.6 Å². The van der Waals surface area contributed by atoms with Crippen molar-refractivity contribution in [1.29, 1.82) is 0 Å². The van der Waals surface area contributed by atoms with E-state index in [9.17, 15) is 14.4 Å². The highest BCUT2D eigenvalue weighted by atomic mass is 32.1. The Morgan fingerprint density at radius 2 is 2.06 bits per heavy atom. The Hall–Kier alpha value is -4.32. The normalized spacial score (nSPS) is 14.4. The highest BCUT2D eigenvalue weighted by Crippen LogP contribution is 2.36. The molecule has 170 valence electrons. The number of nitrogens with one attached hydrogen (secondary N) is 3. The minimum absolute atomic E-state index is 0.0190. The Bertz CT molecular complexity index is 1520. The van der Waals surface area contributed by atoms with Gasteiger partial charge in [-0.15, -0.1) is 11.3 Å². The van der Waals surface area contributed by atoms with Crippen LogP contribution in [0.25, 0.3) is 10.2 Å². The standard InChI is InChI=1S/C22H17N7O4S/c30-16-10-33-14-3-2-11(6-13(14)26-16)7-25-20(32)18-27-19(31)17-12-8-29(22-23-4-1-5-24-22)9-15(12)34-21(17)28-18/h1-6H,7-10H2,(H,25,32)(H,26,30)(H,27,28,31). The number of aromatic amines is 1. The number of nitrogens with zero attached hydrogens (tertiary/aromatic N) is 4. The molecule has 1 aromatic carbocycles. The maximum atomic E-state index is 12.9. The van der Waals surface area contributed by atoms with Gasteiger partial charge in [0.15, 0.2) is 6.61 Å². The number of benzene rings is 1. The summed E-state index contributed by atoms with van der Waals surface area (Å²) in [7, 11) is 0. The lowest BCUT2D eigenvalue weighted by atomic mass is 10.1. The lowest BCUT2D eigenvalue weighted by Crippen LogP contribution is -2.28. The molecule has 0 unspecified atom stereocenters. The molecule has 0 saturated heterocycles. The first-order valence-electron chi connectivity index (χ1n) is 10.5. The van der Waals surface area contributed by atoms with Crippen molar-refractivity contribution < 1.29 is 14.3 Å². The summed E-state index contributed by atoms with van der Waals surface area (Å²) in [5.41, 5.74) is 1.86. The molecule has 0 radical (unpaired) electrons. The maximum absolute atomic E-state index is 12.9. The Morgan fingerprint density at radius 1 is 1.21 bits per heavy atom. The van der Waals surface area contributed by atoms with Crippen LogP contribution >= 0.6 is 11.3 Å². The van der Waals surface area contributed by atoms with E-state index in [1.54, 1.807) is 36.7 Å². The van der Waals surface area contributed by atoms with Crippen LogP contribution in [0.5, 0.6) is 5.75 Å². The van der Waals surface area contributed by atoms with Gasteiger partial charge in [-0.1, -0.05) is 6.07 Å². The molecule has 2 aliphatic heterocycles. The lowest BCUT2D eigenvalue weighted by molar-refractivity contribution is -0.118. The zero-order valence-electron chi connectivity index (χ0n) is 17.6. The second-order valence-corrected chi connectivity index (χ2v) is 8.94. The van der Waals surface area contributed by atoms with Gasteiger partial charge in [0.25, 0.3) is 17.4 Å². The molecule has 2 aliphatic rings. The number of anilines is 2. The molecule has 4 aromatic rings. The van der Waals surface area contributed by atoms with Crippen molar-refractivity contribution in [3.05, 3.63) is 68.8 Å². The van der Waals surface area contributed by atoms with Crippen LogP contribution in [-0.2, 0) is 24.4 Å². The number of rotatable bonds is 4. The van der Waals surface area contributed by atoms with E-state index in [0.717, 1.165) is 16.0 Å². The Kier molecular flexibility index (Phi) is 4.73. The van der Waals surface area contributed by atoms with Crippen LogP contribution < -0.4 is 25.8 Å². The number of carbonyl (C=O) groups excluding carboxylic acids is 2. The van der Waals surface area contributed by atoms with E-state index in [0.29, 0.717) is 40.7 Å². The molecular weight excluding hydrogens is 458 g/mol. The third-order valence-electron chi connectivity index (χ3n) is 5.61. The summed E-state index contributed by atoms with van der Waals surface area (Å²) < 4.78 is 5.34. The van der Waals surface area contributed by atoms with Crippen LogP contribution in [0.2, 0.25) is 0 Å². The van der Waals surface area contributed by atoms with E-state index < -0.39 is 5.91 Å². The summed E-state index contributed by atoms with van der Waals surface area (Å²) in [6, 6.07) is 7.02. The molecular formula is C22H17N7O4S. The van der Waals surface area contributed by atoms with Crippen LogP contribution in [-0.4, -0.2) is 38.4 Å². The monoisotopic (exact) mass is 475 g/mol. The fourth-order valence-corrected chi connectivity index (χ4v) is 5.23. The molecule has 12 heteroatoms. The first kappa shape index (κ1) is 20.3. The topological polar surface area (TPSA) is 142 Å². The molecule has 2 amide bonds. The van der Waals surface area contributed by atoms with Gasteiger partial charge in [0.1, 0.15) is 10.6 Å². The maximum Gasteiger partial charge on any atom is 0.287 e. The van der Waals surface area contributed by atoms with Crippen molar-refractivity contribution in [1.82, 2.24) is 25.3 Å². The fourth-order valence-electron chi connectivity index (χ4n) is 4.04. The fraction of sp³-hybridized carbons (Fsp3) is 0.182. The molecule has 0 atom stereocenters. The molecule has 5 heterocycles. The summed E-state index contributed by atoms with van der Waals surface area (Å²) in [6.45, 7) is 1.26. The van der Waals surface area contributed by atoms with Crippen LogP contribution in [0.15, 0.2) is 41.5 Å². The summed E-state index contributed by atoms with van der Waals surface area (Å²) in [5, 5.41) is 5.99. The molecule has 0 saturated carbocycles. The first-order chi connectivity index (χ1) is 16.5. The Labute approximate surface area is 195 Å². The largest absolute Gasteiger partial charge is 0.482 e. The molecule has 0 fully saturated rings. The average Bonchev–Trinajstić information content (AvgIpc) is 3.40. The molecule has 3 N–H and O–H groups in total. The molecule has 0 aliphatic carbocycles. The van der Waals surface area contributed by atoms with Crippen molar-refractivity contribution in [3.63, 3.8) is 0 Å².